The fourth-order valence-corrected chi connectivity index (χ4v) is 6.13. The summed E-state index contributed by atoms with van der Waals surface area (Å²) in [6, 6.07) is 14.3. The lowest BCUT2D eigenvalue weighted by molar-refractivity contribution is -0.139. The SMILES string of the molecule is O=C(CC[C@@H](NC(=O)c1c(Cl)cc(-c2ccc3c(c2)CC=C3)cc1Cl)C(=O)O)CNC(=O)c1cccc(CC2=NCC(F)(F)CC2)c1. The van der Waals surface area contributed by atoms with E-state index in [1.807, 2.05) is 24.3 Å². The normalized spacial score (nSPS) is 15.4. The van der Waals surface area contributed by atoms with E-state index in [1.54, 1.807) is 36.4 Å². The van der Waals surface area contributed by atoms with E-state index in [9.17, 15) is 33.1 Å². The van der Waals surface area contributed by atoms with Gasteiger partial charge in [0.2, 0.25) is 0 Å². The average molecular weight is 683 g/mol. The number of rotatable bonds is 12. The molecule has 47 heavy (non-hydrogen) atoms. The zero-order valence-electron chi connectivity index (χ0n) is 25.1. The minimum atomic E-state index is -2.79. The van der Waals surface area contributed by atoms with Gasteiger partial charge < -0.3 is 15.7 Å². The lowest BCUT2D eigenvalue weighted by Crippen LogP contribution is -2.41. The summed E-state index contributed by atoms with van der Waals surface area (Å²) in [5, 5.41) is 14.7. The average Bonchev–Trinajstić information content (AvgIpc) is 3.51. The third-order valence-electron chi connectivity index (χ3n) is 8.05. The Morgan fingerprint density at radius 1 is 0.979 bits per heavy atom. The third-order valence-corrected chi connectivity index (χ3v) is 8.65. The number of ketones is 1. The molecule has 0 aromatic heterocycles. The molecule has 8 nitrogen and oxygen atoms in total. The van der Waals surface area contributed by atoms with Crippen LogP contribution in [0.3, 0.4) is 0 Å². The number of carboxylic acid groups (broad SMARTS) is 1. The van der Waals surface area contributed by atoms with Crippen LogP contribution in [0.1, 0.15) is 63.1 Å². The highest BCUT2D eigenvalue weighted by Crippen LogP contribution is 2.34. The number of alkyl halides is 2. The lowest BCUT2D eigenvalue weighted by Gasteiger charge is -2.20. The Bertz CT molecular complexity index is 1780. The second-order valence-corrected chi connectivity index (χ2v) is 12.4. The van der Waals surface area contributed by atoms with Crippen molar-refractivity contribution in [2.45, 2.75) is 50.5 Å². The Labute approximate surface area is 279 Å². The van der Waals surface area contributed by atoms with Gasteiger partial charge in [-0.2, -0.15) is 0 Å². The number of carbonyl (C=O) groups excluding carboxylic acids is 3. The predicted octanol–water partition coefficient (Wildman–Crippen LogP) is 6.60. The van der Waals surface area contributed by atoms with Crippen LogP contribution in [0.4, 0.5) is 8.78 Å². The van der Waals surface area contributed by atoms with E-state index in [0.29, 0.717) is 17.7 Å². The van der Waals surface area contributed by atoms with E-state index in [4.69, 9.17) is 23.2 Å². The monoisotopic (exact) mass is 681 g/mol. The number of nitrogens with zero attached hydrogens (tertiary/aromatic N) is 1. The van der Waals surface area contributed by atoms with Gasteiger partial charge in [0, 0.05) is 30.5 Å². The summed E-state index contributed by atoms with van der Waals surface area (Å²) in [5.74, 6) is -5.91. The van der Waals surface area contributed by atoms with Gasteiger partial charge in [-0.05, 0) is 71.3 Å². The summed E-state index contributed by atoms with van der Waals surface area (Å²) in [6.07, 6.45) is 4.71. The number of carbonyl (C=O) groups is 4. The van der Waals surface area contributed by atoms with Crippen LogP contribution >= 0.6 is 23.2 Å². The fourth-order valence-electron chi connectivity index (χ4n) is 5.47. The molecule has 0 unspecified atom stereocenters. The van der Waals surface area contributed by atoms with Crippen molar-refractivity contribution < 1.29 is 33.1 Å². The van der Waals surface area contributed by atoms with Gasteiger partial charge in [-0.3, -0.25) is 19.4 Å². The Balaban J connectivity index is 1.13. The Hall–Kier alpha value is -4.41. The van der Waals surface area contributed by atoms with Crippen LogP contribution in [-0.2, 0) is 22.4 Å². The molecule has 0 bridgehead atoms. The van der Waals surface area contributed by atoms with Gasteiger partial charge in [-0.1, -0.05) is 65.7 Å². The van der Waals surface area contributed by atoms with Crippen LogP contribution in [0.25, 0.3) is 17.2 Å². The first-order valence-electron chi connectivity index (χ1n) is 15.0. The van der Waals surface area contributed by atoms with Crippen molar-refractivity contribution in [2.75, 3.05) is 13.1 Å². The first-order chi connectivity index (χ1) is 22.4. The van der Waals surface area contributed by atoms with Gasteiger partial charge >= 0.3 is 5.97 Å². The highest BCUT2D eigenvalue weighted by molar-refractivity contribution is 6.40. The van der Waals surface area contributed by atoms with Crippen molar-refractivity contribution in [1.29, 1.82) is 0 Å². The van der Waals surface area contributed by atoms with Gasteiger partial charge in [0.05, 0.1) is 22.2 Å². The second-order valence-electron chi connectivity index (χ2n) is 11.6. The molecule has 1 aliphatic heterocycles. The smallest absolute Gasteiger partial charge is 0.326 e. The molecule has 5 rings (SSSR count). The second kappa shape index (κ2) is 14.6. The van der Waals surface area contributed by atoms with E-state index >= 15 is 0 Å². The van der Waals surface area contributed by atoms with Crippen LogP contribution in [0, 0.1) is 0 Å². The zero-order valence-corrected chi connectivity index (χ0v) is 26.6. The van der Waals surface area contributed by atoms with Crippen LogP contribution in [0.15, 0.2) is 65.7 Å². The Morgan fingerprint density at radius 2 is 1.74 bits per heavy atom. The van der Waals surface area contributed by atoms with Crippen molar-refractivity contribution in [3.05, 3.63) is 98.5 Å². The largest absolute Gasteiger partial charge is 0.480 e. The van der Waals surface area contributed by atoms with E-state index in [0.717, 1.165) is 28.7 Å². The molecule has 1 aliphatic carbocycles. The zero-order chi connectivity index (χ0) is 33.7. The number of Topliss-reactive ketones (excluding diaryl/α,β-unsaturated/α-hetero) is 1. The van der Waals surface area contributed by atoms with Crippen molar-refractivity contribution in [3.8, 4) is 11.1 Å². The first kappa shape index (κ1) is 33.9. The number of fused-ring (bicyclic) bond motifs is 1. The van der Waals surface area contributed by atoms with Gasteiger partial charge in [-0.25, -0.2) is 13.6 Å². The maximum atomic E-state index is 13.4. The van der Waals surface area contributed by atoms with Gasteiger partial charge in [0.25, 0.3) is 17.7 Å². The molecule has 3 aromatic rings. The first-order valence-corrected chi connectivity index (χ1v) is 15.8. The summed E-state index contributed by atoms with van der Waals surface area (Å²) in [6.45, 7) is -0.900. The van der Waals surface area contributed by atoms with Crippen LogP contribution in [-0.4, -0.2) is 59.4 Å². The number of hydrogen-bond donors (Lipinski definition) is 3. The topological polar surface area (TPSA) is 125 Å². The summed E-state index contributed by atoms with van der Waals surface area (Å²) >= 11 is 12.9. The van der Waals surface area contributed by atoms with Gasteiger partial charge in [-0.15, -0.1) is 0 Å². The molecule has 3 N–H and O–H groups in total. The standard InChI is InChI=1S/C35H31Cl2F2N3O5/c36-28-16-25(23-8-7-21-4-2-5-22(21)15-23)17-29(37)31(28)33(45)42-30(34(46)47)10-9-27(43)18-40-32(44)24-6-1-3-20(13-24)14-26-11-12-35(38,39)19-41-26/h1-4,6-8,13,15-17,30H,5,9-12,14,18-19H2,(H,40,44)(H,42,45)(H,46,47)/t30-/m1/s1. The molecule has 12 heteroatoms. The summed E-state index contributed by atoms with van der Waals surface area (Å²) < 4.78 is 26.7. The molecule has 2 aliphatic rings. The summed E-state index contributed by atoms with van der Waals surface area (Å²) in [4.78, 5) is 54.2. The predicted molar refractivity (Wildman–Crippen MR) is 177 cm³/mol. The number of allylic oxidation sites excluding steroid dienone is 1. The molecule has 1 atom stereocenters. The van der Waals surface area contributed by atoms with Crippen molar-refractivity contribution >= 4 is 58.6 Å². The highest BCUT2D eigenvalue weighted by atomic mass is 35.5. The molecule has 0 spiro atoms. The lowest BCUT2D eigenvalue weighted by atomic mass is 9.98. The molecule has 0 saturated heterocycles. The van der Waals surface area contributed by atoms with E-state index in [2.05, 4.69) is 21.7 Å². The van der Waals surface area contributed by atoms with E-state index in [1.165, 1.54) is 0 Å². The summed E-state index contributed by atoms with van der Waals surface area (Å²) in [7, 11) is 0. The van der Waals surface area contributed by atoms with Crippen LogP contribution < -0.4 is 10.6 Å². The minimum absolute atomic E-state index is 0.0453. The number of benzene rings is 3. The number of aliphatic carboxylic acids is 1. The Kier molecular flexibility index (Phi) is 10.5. The molecule has 244 valence electrons. The Morgan fingerprint density at radius 3 is 2.45 bits per heavy atom. The summed E-state index contributed by atoms with van der Waals surface area (Å²) in [5.41, 5.74) is 5.42. The molecule has 0 saturated carbocycles. The number of aliphatic imine (C=N–C) groups is 1. The van der Waals surface area contributed by atoms with Gasteiger partial charge in [0.15, 0.2) is 5.78 Å². The molecular weight excluding hydrogens is 651 g/mol. The maximum Gasteiger partial charge on any atom is 0.326 e. The molecule has 0 fully saturated rings. The maximum absolute atomic E-state index is 13.4. The molecular formula is C35H31Cl2F2N3O5. The quantitative estimate of drug-likeness (QED) is 0.199. The molecule has 2 amide bonds. The fraction of sp³-hybridized carbons (Fsp3) is 0.286. The van der Waals surface area contributed by atoms with Crippen LogP contribution in [0.5, 0.6) is 0 Å². The highest BCUT2D eigenvalue weighted by Gasteiger charge is 2.32. The van der Waals surface area contributed by atoms with Crippen LogP contribution in [0.2, 0.25) is 10.0 Å². The van der Waals surface area contributed by atoms with E-state index in [-0.39, 0.29) is 53.4 Å². The van der Waals surface area contributed by atoms with Crippen molar-refractivity contribution in [3.63, 3.8) is 0 Å². The van der Waals surface area contributed by atoms with Gasteiger partial charge in [0.1, 0.15) is 12.6 Å². The minimum Gasteiger partial charge on any atom is -0.480 e. The third kappa shape index (κ3) is 8.69. The molecule has 1 heterocycles. The molecule has 3 aromatic carbocycles. The number of halogens is 4. The van der Waals surface area contributed by atoms with Crippen molar-refractivity contribution in [1.82, 2.24) is 10.6 Å². The number of amides is 2. The van der Waals surface area contributed by atoms with E-state index < -0.39 is 42.1 Å². The number of nitrogens with one attached hydrogen (secondary N) is 2. The molecule has 0 radical (unpaired) electrons. The van der Waals surface area contributed by atoms with Crippen molar-refractivity contribution in [2.24, 2.45) is 4.99 Å². The number of carboxylic acids is 1. The number of hydrogen-bond acceptors (Lipinski definition) is 5.